The van der Waals surface area contributed by atoms with Crippen molar-refractivity contribution in [3.8, 4) is 5.75 Å². The highest BCUT2D eigenvalue weighted by atomic mass is 35.5. The molecule has 0 unspecified atom stereocenters. The minimum Gasteiger partial charge on any atom is -0.405 e. The summed E-state index contributed by atoms with van der Waals surface area (Å²) in [4.78, 5) is 14.8. The van der Waals surface area contributed by atoms with Crippen LogP contribution in [-0.4, -0.2) is 89.1 Å². The van der Waals surface area contributed by atoms with Gasteiger partial charge in [0.2, 0.25) is 10.9 Å². The highest BCUT2D eigenvalue weighted by molar-refractivity contribution is 7.89. The molecule has 1 aliphatic carbocycles. The summed E-state index contributed by atoms with van der Waals surface area (Å²) >= 11 is 6.01. The van der Waals surface area contributed by atoms with Gasteiger partial charge in [-0.2, -0.15) is 4.31 Å². The van der Waals surface area contributed by atoms with E-state index in [0.29, 0.717) is 0 Å². The Morgan fingerprint density at radius 3 is 2.33 bits per heavy atom. The van der Waals surface area contributed by atoms with Crippen molar-refractivity contribution in [3.05, 3.63) is 35.0 Å². The third-order valence-electron chi connectivity index (χ3n) is 7.01. The second kappa shape index (κ2) is 10.8. The van der Waals surface area contributed by atoms with E-state index >= 15 is 0 Å². The van der Waals surface area contributed by atoms with Crippen LogP contribution in [0.2, 0.25) is 5.02 Å². The van der Waals surface area contributed by atoms with Crippen molar-refractivity contribution >= 4 is 27.5 Å². The number of aromatic nitrogens is 3. The quantitative estimate of drug-likeness (QED) is 0.487. The third kappa shape index (κ3) is 6.61. The predicted molar refractivity (Wildman–Crippen MR) is 128 cm³/mol. The number of piperazine rings is 1. The van der Waals surface area contributed by atoms with Crippen molar-refractivity contribution in [3.63, 3.8) is 0 Å². The Bertz CT molecular complexity index is 1300. The number of benzene rings is 1. The fourth-order valence-corrected chi connectivity index (χ4v) is 6.52. The minimum absolute atomic E-state index is 0.0222. The molecule has 0 spiro atoms. The molecule has 1 aliphatic heterocycles. The topological polar surface area (TPSA) is 110 Å². The Morgan fingerprint density at radius 2 is 1.77 bits per heavy atom. The zero-order valence-corrected chi connectivity index (χ0v) is 22.3. The van der Waals surface area contributed by atoms with Crippen LogP contribution in [0.3, 0.4) is 0 Å². The Kier molecular flexibility index (Phi) is 8.13. The molecule has 1 saturated carbocycles. The average molecular weight is 601 g/mol. The average Bonchev–Trinajstić information content (AvgIpc) is 3.30. The normalized spacial score (nSPS) is 20.5. The van der Waals surface area contributed by atoms with Gasteiger partial charge >= 0.3 is 6.36 Å². The van der Waals surface area contributed by atoms with Gasteiger partial charge in [0.15, 0.2) is 0 Å². The maximum atomic E-state index is 14.1. The number of nitrogens with zero attached hydrogens (tertiary/aromatic N) is 5. The molecule has 39 heavy (non-hydrogen) atoms. The maximum absolute atomic E-state index is 14.1. The van der Waals surface area contributed by atoms with Crippen molar-refractivity contribution in [2.75, 3.05) is 32.7 Å². The van der Waals surface area contributed by atoms with Gasteiger partial charge in [0, 0.05) is 58.2 Å². The molecule has 1 aromatic carbocycles. The van der Waals surface area contributed by atoms with Crippen LogP contribution in [0.15, 0.2) is 29.4 Å². The molecule has 1 saturated heterocycles. The van der Waals surface area contributed by atoms with Gasteiger partial charge in [-0.3, -0.25) is 14.4 Å². The molecule has 1 aromatic heterocycles. The van der Waals surface area contributed by atoms with E-state index in [-0.39, 0.29) is 55.6 Å². The summed E-state index contributed by atoms with van der Waals surface area (Å²) in [6.07, 6.45) is -4.77. The van der Waals surface area contributed by atoms with Crippen LogP contribution in [0.5, 0.6) is 5.75 Å². The van der Waals surface area contributed by atoms with Crippen LogP contribution < -0.4 is 10.1 Å². The van der Waals surface area contributed by atoms with E-state index in [0.717, 1.165) is 6.07 Å². The lowest BCUT2D eigenvalue weighted by Gasteiger charge is -2.50. The summed E-state index contributed by atoms with van der Waals surface area (Å²) in [5, 5.41) is 9.38. The third-order valence-corrected chi connectivity index (χ3v) is 9.09. The highest BCUT2D eigenvalue weighted by Crippen LogP contribution is 2.42. The molecule has 2 aliphatic rings. The number of hydrogen-bond donors (Lipinski definition) is 1. The predicted octanol–water partition coefficient (Wildman–Crippen LogP) is 3.05. The van der Waals surface area contributed by atoms with Crippen LogP contribution >= 0.6 is 11.6 Å². The van der Waals surface area contributed by atoms with Crippen LogP contribution in [0.25, 0.3) is 0 Å². The Labute approximate surface area is 226 Å². The van der Waals surface area contributed by atoms with E-state index in [9.17, 15) is 35.2 Å². The zero-order valence-electron chi connectivity index (χ0n) is 20.7. The van der Waals surface area contributed by atoms with Crippen LogP contribution in [0, 0.1) is 0 Å². The Balaban J connectivity index is 1.51. The van der Waals surface area contributed by atoms with Crippen molar-refractivity contribution in [2.45, 2.75) is 48.5 Å². The van der Waals surface area contributed by atoms with Crippen LogP contribution in [0.4, 0.5) is 22.0 Å². The number of halogens is 6. The highest BCUT2D eigenvalue weighted by Gasteiger charge is 2.48. The molecule has 0 radical (unpaired) electrons. The molecule has 2 aromatic rings. The SMILES string of the molecule is Cn1cc(S(=O)(=O)N2CCN(C3(CNC(=O)c4c(Cl)cccc4OC(F)(F)F)CCC(F)(F)CC3)CC2)nn1. The zero-order chi connectivity index (χ0) is 28.6. The molecule has 1 amide bonds. The first-order chi connectivity index (χ1) is 18.1. The summed E-state index contributed by atoms with van der Waals surface area (Å²) in [5.74, 6) is -4.65. The lowest BCUT2D eigenvalue weighted by molar-refractivity contribution is -0.274. The first kappa shape index (κ1) is 29.4. The number of amides is 1. The molecular formula is C22H26ClF5N6O4S. The molecule has 1 N–H and O–H groups in total. The minimum atomic E-state index is -5.07. The Morgan fingerprint density at radius 1 is 1.13 bits per heavy atom. The van der Waals surface area contributed by atoms with E-state index in [1.165, 1.54) is 34.4 Å². The molecule has 0 bridgehead atoms. The van der Waals surface area contributed by atoms with Gasteiger partial charge in [0.25, 0.3) is 15.9 Å². The van der Waals surface area contributed by atoms with Gasteiger partial charge in [0.1, 0.15) is 11.3 Å². The van der Waals surface area contributed by atoms with E-state index in [4.69, 9.17) is 11.6 Å². The van der Waals surface area contributed by atoms with Crippen LogP contribution in [-0.2, 0) is 17.1 Å². The van der Waals surface area contributed by atoms with Crippen molar-refractivity contribution in [1.29, 1.82) is 0 Å². The van der Waals surface area contributed by atoms with Crippen molar-refractivity contribution in [1.82, 2.24) is 29.5 Å². The first-order valence-electron chi connectivity index (χ1n) is 11.9. The van der Waals surface area contributed by atoms with Gasteiger partial charge in [-0.15, -0.1) is 18.3 Å². The largest absolute Gasteiger partial charge is 0.573 e. The lowest BCUT2D eigenvalue weighted by atomic mass is 9.78. The molecule has 2 fully saturated rings. The molecule has 4 rings (SSSR count). The molecule has 10 nitrogen and oxygen atoms in total. The van der Waals surface area contributed by atoms with E-state index < -0.39 is 57.9 Å². The van der Waals surface area contributed by atoms with Gasteiger partial charge in [-0.1, -0.05) is 22.9 Å². The van der Waals surface area contributed by atoms with Gasteiger partial charge in [-0.05, 0) is 25.0 Å². The smallest absolute Gasteiger partial charge is 0.405 e. The molecular weight excluding hydrogens is 575 g/mol. The number of aryl methyl sites for hydroxylation is 1. The first-order valence-corrected chi connectivity index (χ1v) is 13.8. The summed E-state index contributed by atoms with van der Waals surface area (Å²) in [5.41, 5.74) is -1.51. The molecule has 2 heterocycles. The number of alkyl halides is 5. The van der Waals surface area contributed by atoms with E-state index in [1.54, 1.807) is 0 Å². The fourth-order valence-electron chi connectivity index (χ4n) is 4.93. The molecule has 0 atom stereocenters. The number of ether oxygens (including phenoxy) is 1. The number of carbonyl (C=O) groups excluding carboxylic acids is 1. The van der Waals surface area contributed by atoms with Crippen molar-refractivity contribution in [2.24, 2.45) is 7.05 Å². The fraction of sp³-hybridized carbons (Fsp3) is 0.591. The van der Waals surface area contributed by atoms with Gasteiger partial charge in [-0.25, -0.2) is 17.2 Å². The second-order valence-corrected chi connectivity index (χ2v) is 11.8. The standard InChI is InChI=1S/C22H26ClF5N6O4S/c1-32-13-17(30-31-32)39(36,37)34-11-9-33(10-12-34)20(5-7-21(24,25)8-6-20)14-29-19(35)18-15(23)3-2-4-16(18)38-22(26,27)28/h2-4,13H,5-12,14H2,1H3,(H,29,35). The monoisotopic (exact) mass is 600 g/mol. The summed E-state index contributed by atoms with van der Waals surface area (Å²) < 4.78 is 99.1. The summed E-state index contributed by atoms with van der Waals surface area (Å²) in [6, 6.07) is 3.37. The van der Waals surface area contributed by atoms with Gasteiger partial charge in [0.05, 0.1) is 11.2 Å². The summed E-state index contributed by atoms with van der Waals surface area (Å²) in [6.45, 7) is 0.262. The van der Waals surface area contributed by atoms with E-state index in [2.05, 4.69) is 20.4 Å². The Hall–Kier alpha value is -2.56. The lowest BCUT2D eigenvalue weighted by Crippen LogP contribution is -2.63. The number of sulfonamides is 1. The van der Waals surface area contributed by atoms with Gasteiger partial charge < -0.3 is 10.1 Å². The molecule has 216 valence electrons. The number of hydrogen-bond acceptors (Lipinski definition) is 7. The number of rotatable bonds is 7. The molecule has 17 heteroatoms. The number of carbonyl (C=O) groups is 1. The summed E-state index contributed by atoms with van der Waals surface area (Å²) in [7, 11) is -2.39. The number of nitrogens with one attached hydrogen (secondary N) is 1. The van der Waals surface area contributed by atoms with E-state index in [1.807, 2.05) is 4.90 Å². The van der Waals surface area contributed by atoms with Crippen molar-refractivity contribution < 1.29 is 39.9 Å². The maximum Gasteiger partial charge on any atom is 0.573 e. The van der Waals surface area contributed by atoms with Crippen LogP contribution in [0.1, 0.15) is 36.0 Å². The second-order valence-electron chi connectivity index (χ2n) is 9.55.